The number of aromatic nitrogens is 3. The van der Waals surface area contributed by atoms with Gasteiger partial charge in [0.25, 0.3) is 0 Å². The van der Waals surface area contributed by atoms with Gasteiger partial charge in [-0.3, -0.25) is 0 Å². The van der Waals surface area contributed by atoms with Crippen molar-refractivity contribution in [2.24, 2.45) is 7.05 Å². The van der Waals surface area contributed by atoms with Crippen molar-refractivity contribution in [3.05, 3.63) is 34.2 Å². The van der Waals surface area contributed by atoms with Crippen LogP contribution in [0.2, 0.25) is 5.15 Å². The van der Waals surface area contributed by atoms with Crippen molar-refractivity contribution in [3.63, 3.8) is 0 Å². The standard InChI is InChI=1S/C14H18ClFN4/c1-7-6-10(11(16)14(15)18-7)12-13(8(2)17-4)20(5)9(3)19-12/h6,8,17H,1-5H3. The smallest absolute Gasteiger partial charge is 0.169 e. The van der Waals surface area contributed by atoms with Crippen molar-refractivity contribution < 1.29 is 4.39 Å². The zero-order valence-corrected chi connectivity index (χ0v) is 13.0. The summed E-state index contributed by atoms with van der Waals surface area (Å²) in [4.78, 5) is 8.41. The minimum Gasteiger partial charge on any atom is -0.333 e. The Morgan fingerprint density at radius 2 is 2.00 bits per heavy atom. The lowest BCUT2D eigenvalue weighted by Crippen LogP contribution is -2.17. The third kappa shape index (κ3) is 2.43. The molecule has 0 spiro atoms. The summed E-state index contributed by atoms with van der Waals surface area (Å²) in [6, 6.07) is 1.72. The van der Waals surface area contributed by atoms with Crippen LogP contribution in [0.5, 0.6) is 0 Å². The van der Waals surface area contributed by atoms with Crippen LogP contribution in [0.15, 0.2) is 6.07 Å². The van der Waals surface area contributed by atoms with Crippen LogP contribution in [0, 0.1) is 19.7 Å². The number of hydrogen-bond acceptors (Lipinski definition) is 3. The maximum absolute atomic E-state index is 14.3. The predicted molar refractivity (Wildman–Crippen MR) is 78.4 cm³/mol. The molecule has 2 heterocycles. The maximum atomic E-state index is 14.3. The molecule has 1 N–H and O–H groups in total. The van der Waals surface area contributed by atoms with E-state index in [0.717, 1.165) is 11.5 Å². The summed E-state index contributed by atoms with van der Waals surface area (Å²) < 4.78 is 16.2. The quantitative estimate of drug-likeness (QED) is 0.885. The van der Waals surface area contributed by atoms with Gasteiger partial charge in [0, 0.05) is 24.3 Å². The summed E-state index contributed by atoms with van der Waals surface area (Å²) >= 11 is 5.85. The second kappa shape index (κ2) is 5.50. The first-order valence-electron chi connectivity index (χ1n) is 6.40. The van der Waals surface area contributed by atoms with Gasteiger partial charge in [0.1, 0.15) is 5.82 Å². The molecule has 2 aromatic rings. The number of hydrogen-bond donors (Lipinski definition) is 1. The van der Waals surface area contributed by atoms with Gasteiger partial charge < -0.3 is 9.88 Å². The van der Waals surface area contributed by atoms with Gasteiger partial charge in [-0.1, -0.05) is 11.6 Å². The van der Waals surface area contributed by atoms with E-state index in [9.17, 15) is 4.39 Å². The Balaban J connectivity index is 2.73. The molecule has 0 aliphatic heterocycles. The summed E-state index contributed by atoms with van der Waals surface area (Å²) in [5, 5.41) is 3.04. The third-order valence-corrected chi connectivity index (χ3v) is 3.76. The van der Waals surface area contributed by atoms with E-state index in [0.29, 0.717) is 17.0 Å². The van der Waals surface area contributed by atoms with E-state index in [2.05, 4.69) is 15.3 Å². The van der Waals surface area contributed by atoms with Gasteiger partial charge in [0.15, 0.2) is 11.0 Å². The normalized spacial score (nSPS) is 12.8. The Morgan fingerprint density at radius 1 is 1.35 bits per heavy atom. The third-order valence-electron chi connectivity index (χ3n) is 3.51. The SMILES string of the molecule is CNC(C)c1c(-c2cc(C)nc(Cl)c2F)nc(C)n1C. The number of nitrogens with one attached hydrogen (secondary N) is 1. The van der Waals surface area contributed by atoms with Gasteiger partial charge in [0.05, 0.1) is 11.4 Å². The van der Waals surface area contributed by atoms with Crippen LogP contribution in [-0.2, 0) is 7.05 Å². The summed E-state index contributed by atoms with van der Waals surface area (Å²) in [5.74, 6) is 0.294. The fourth-order valence-corrected chi connectivity index (χ4v) is 2.48. The van der Waals surface area contributed by atoms with E-state index in [1.165, 1.54) is 0 Å². The molecular formula is C14H18ClFN4. The monoisotopic (exact) mass is 296 g/mol. The highest BCUT2D eigenvalue weighted by atomic mass is 35.5. The summed E-state index contributed by atoms with van der Waals surface area (Å²) in [7, 11) is 3.78. The minimum absolute atomic E-state index is 0.0443. The van der Waals surface area contributed by atoms with E-state index in [1.807, 2.05) is 32.5 Å². The molecule has 4 nitrogen and oxygen atoms in total. The van der Waals surface area contributed by atoms with Gasteiger partial charge in [-0.25, -0.2) is 14.4 Å². The molecule has 0 saturated carbocycles. The highest BCUT2D eigenvalue weighted by Crippen LogP contribution is 2.32. The fourth-order valence-electron chi connectivity index (χ4n) is 2.25. The van der Waals surface area contributed by atoms with Crippen LogP contribution in [0.25, 0.3) is 11.3 Å². The number of rotatable bonds is 3. The first-order valence-corrected chi connectivity index (χ1v) is 6.78. The van der Waals surface area contributed by atoms with E-state index in [-0.39, 0.29) is 11.2 Å². The zero-order valence-electron chi connectivity index (χ0n) is 12.3. The second-order valence-corrected chi connectivity index (χ2v) is 5.24. The van der Waals surface area contributed by atoms with Crippen LogP contribution in [0.1, 0.15) is 30.2 Å². The molecule has 0 fully saturated rings. The van der Waals surface area contributed by atoms with Crippen LogP contribution >= 0.6 is 11.6 Å². The number of nitrogens with zero attached hydrogens (tertiary/aromatic N) is 3. The molecule has 0 aromatic carbocycles. The molecule has 2 rings (SSSR count). The minimum atomic E-state index is -0.528. The average molecular weight is 297 g/mol. The van der Waals surface area contributed by atoms with Crippen molar-refractivity contribution in [1.29, 1.82) is 0 Å². The average Bonchev–Trinajstić information content (AvgIpc) is 2.69. The van der Waals surface area contributed by atoms with Gasteiger partial charge in [0.2, 0.25) is 0 Å². The molecule has 6 heteroatoms. The van der Waals surface area contributed by atoms with E-state index >= 15 is 0 Å². The van der Waals surface area contributed by atoms with E-state index in [4.69, 9.17) is 11.6 Å². The topological polar surface area (TPSA) is 42.7 Å². The molecule has 0 amide bonds. The van der Waals surface area contributed by atoms with Gasteiger partial charge in [-0.05, 0) is 33.9 Å². The zero-order chi connectivity index (χ0) is 15.0. The number of pyridine rings is 1. The summed E-state index contributed by atoms with van der Waals surface area (Å²) in [6.45, 7) is 5.68. The Morgan fingerprint density at radius 3 is 2.60 bits per heavy atom. The first kappa shape index (κ1) is 14.9. The van der Waals surface area contributed by atoms with Gasteiger partial charge in [-0.2, -0.15) is 0 Å². The summed E-state index contributed by atoms with van der Waals surface area (Å²) in [5.41, 5.74) is 2.59. The molecule has 0 aliphatic rings. The lowest BCUT2D eigenvalue weighted by molar-refractivity contribution is 0.598. The lowest BCUT2D eigenvalue weighted by atomic mass is 10.1. The Kier molecular flexibility index (Phi) is 4.11. The van der Waals surface area contributed by atoms with Crippen molar-refractivity contribution in [2.75, 3.05) is 7.05 Å². The van der Waals surface area contributed by atoms with Crippen molar-refractivity contribution >= 4 is 11.6 Å². The van der Waals surface area contributed by atoms with Gasteiger partial charge >= 0.3 is 0 Å². The van der Waals surface area contributed by atoms with E-state index in [1.54, 1.807) is 13.0 Å². The van der Waals surface area contributed by atoms with E-state index < -0.39 is 5.82 Å². The molecule has 1 atom stereocenters. The highest BCUT2D eigenvalue weighted by molar-refractivity contribution is 6.29. The largest absolute Gasteiger partial charge is 0.333 e. The highest BCUT2D eigenvalue weighted by Gasteiger charge is 2.22. The van der Waals surface area contributed by atoms with Crippen LogP contribution in [0.3, 0.4) is 0 Å². The Labute approximate surface area is 123 Å². The molecular weight excluding hydrogens is 279 g/mol. The number of halogens is 2. The van der Waals surface area contributed by atoms with Crippen LogP contribution < -0.4 is 5.32 Å². The lowest BCUT2D eigenvalue weighted by Gasteiger charge is -2.14. The number of imidazole rings is 1. The van der Waals surface area contributed by atoms with Crippen LogP contribution in [-0.4, -0.2) is 21.6 Å². The Hall–Kier alpha value is -1.46. The molecule has 0 bridgehead atoms. The number of aryl methyl sites for hydroxylation is 2. The molecule has 20 heavy (non-hydrogen) atoms. The van der Waals surface area contributed by atoms with Crippen molar-refractivity contribution in [3.8, 4) is 11.3 Å². The van der Waals surface area contributed by atoms with Gasteiger partial charge in [-0.15, -0.1) is 0 Å². The molecule has 2 aromatic heterocycles. The molecule has 0 aliphatic carbocycles. The predicted octanol–water partition coefficient (Wildman–Crippen LogP) is 3.17. The fraction of sp³-hybridized carbons (Fsp3) is 0.429. The Bertz CT molecular complexity index is 651. The molecule has 108 valence electrons. The maximum Gasteiger partial charge on any atom is 0.169 e. The van der Waals surface area contributed by atoms with Crippen molar-refractivity contribution in [1.82, 2.24) is 19.9 Å². The second-order valence-electron chi connectivity index (χ2n) is 4.88. The molecule has 1 unspecified atom stereocenters. The molecule has 0 radical (unpaired) electrons. The first-order chi connectivity index (χ1) is 9.36. The van der Waals surface area contributed by atoms with Crippen molar-refractivity contribution in [2.45, 2.75) is 26.8 Å². The molecule has 0 saturated heterocycles. The summed E-state index contributed by atoms with van der Waals surface area (Å²) in [6.07, 6.45) is 0. The van der Waals surface area contributed by atoms with Crippen LogP contribution in [0.4, 0.5) is 4.39 Å².